The maximum absolute atomic E-state index is 10.6. The molecule has 2 nitrogen and oxygen atoms in total. The van der Waals surface area contributed by atoms with Crippen LogP contribution in [-0.2, 0) is 0 Å². The summed E-state index contributed by atoms with van der Waals surface area (Å²) in [6, 6.07) is 0. The molecular formula is C16H30O2. The van der Waals surface area contributed by atoms with E-state index in [9.17, 15) is 10.2 Å². The molecule has 0 saturated heterocycles. The first-order valence-corrected chi connectivity index (χ1v) is 7.61. The van der Waals surface area contributed by atoms with E-state index in [0.29, 0.717) is 24.2 Å². The molecule has 2 rings (SSSR count). The predicted octanol–water partition coefficient (Wildman–Crippen LogP) is 3.57. The molecule has 0 bridgehead atoms. The van der Waals surface area contributed by atoms with E-state index in [4.69, 9.17) is 0 Å². The Morgan fingerprint density at radius 1 is 1.06 bits per heavy atom. The number of hydrogen-bond donors (Lipinski definition) is 2. The van der Waals surface area contributed by atoms with E-state index in [1.165, 1.54) is 6.42 Å². The predicted molar refractivity (Wildman–Crippen MR) is 74.0 cm³/mol. The quantitative estimate of drug-likeness (QED) is 0.702. The second-order valence-corrected chi connectivity index (χ2v) is 7.71. The molecule has 2 saturated carbocycles. The lowest BCUT2D eigenvalue weighted by Gasteiger charge is -2.63. The molecule has 0 amide bonds. The first kappa shape index (κ1) is 14.3. The lowest BCUT2D eigenvalue weighted by molar-refractivity contribution is -0.323. The fourth-order valence-corrected chi connectivity index (χ4v) is 5.32. The molecule has 4 atom stereocenters. The van der Waals surface area contributed by atoms with Crippen molar-refractivity contribution in [3.63, 3.8) is 0 Å². The molecule has 2 fully saturated rings. The molecule has 0 spiro atoms. The Labute approximate surface area is 112 Å². The molecule has 2 aliphatic rings. The van der Waals surface area contributed by atoms with Crippen LogP contribution in [0.1, 0.15) is 66.7 Å². The summed E-state index contributed by atoms with van der Waals surface area (Å²) >= 11 is 0. The topological polar surface area (TPSA) is 40.5 Å². The number of rotatable bonds is 1. The molecule has 18 heavy (non-hydrogen) atoms. The summed E-state index contributed by atoms with van der Waals surface area (Å²) in [6.45, 7) is 11.3. The summed E-state index contributed by atoms with van der Waals surface area (Å²) in [4.78, 5) is 0. The highest BCUT2D eigenvalue weighted by Gasteiger charge is 2.63. The van der Waals surface area contributed by atoms with Crippen LogP contribution >= 0.6 is 0 Å². The van der Waals surface area contributed by atoms with Gasteiger partial charge in [0, 0.05) is 11.8 Å². The normalized spacial score (nSPS) is 46.5. The maximum atomic E-state index is 10.6. The Balaban J connectivity index is 2.48. The number of aliphatic hydroxyl groups is 2. The van der Waals surface area contributed by atoms with E-state index in [1.807, 2.05) is 0 Å². The van der Waals surface area contributed by atoms with E-state index in [2.05, 4.69) is 34.6 Å². The van der Waals surface area contributed by atoms with Crippen LogP contribution in [0.15, 0.2) is 0 Å². The minimum atomic E-state index is -1.48. The molecule has 2 aliphatic carbocycles. The first-order valence-electron chi connectivity index (χ1n) is 7.61. The van der Waals surface area contributed by atoms with Crippen LogP contribution in [-0.4, -0.2) is 16.0 Å². The van der Waals surface area contributed by atoms with E-state index < -0.39 is 5.79 Å². The zero-order chi connectivity index (χ0) is 13.8. The van der Waals surface area contributed by atoms with Crippen molar-refractivity contribution >= 4 is 0 Å². The molecule has 0 aromatic heterocycles. The minimum Gasteiger partial charge on any atom is -0.365 e. The van der Waals surface area contributed by atoms with Gasteiger partial charge in [0.25, 0.3) is 0 Å². The average molecular weight is 254 g/mol. The molecule has 0 aliphatic heterocycles. The smallest absolute Gasteiger partial charge is 0.168 e. The van der Waals surface area contributed by atoms with Crippen LogP contribution in [0.4, 0.5) is 0 Å². The maximum Gasteiger partial charge on any atom is 0.168 e. The second kappa shape index (κ2) is 4.21. The van der Waals surface area contributed by atoms with Gasteiger partial charge in [-0.2, -0.15) is 0 Å². The van der Waals surface area contributed by atoms with Gasteiger partial charge in [0.1, 0.15) is 0 Å². The van der Waals surface area contributed by atoms with Crippen molar-refractivity contribution < 1.29 is 10.2 Å². The summed E-state index contributed by atoms with van der Waals surface area (Å²) in [7, 11) is 0. The molecule has 0 unspecified atom stereocenters. The zero-order valence-electron chi connectivity index (χ0n) is 12.7. The van der Waals surface area contributed by atoms with Crippen molar-refractivity contribution in [3.8, 4) is 0 Å². The fraction of sp³-hybridized carbons (Fsp3) is 1.00. The van der Waals surface area contributed by atoms with Gasteiger partial charge in [-0.15, -0.1) is 0 Å². The number of fused-ring (bicyclic) bond motifs is 1. The Kier molecular flexibility index (Phi) is 3.35. The largest absolute Gasteiger partial charge is 0.365 e. The third-order valence-corrected chi connectivity index (χ3v) is 6.46. The molecule has 0 aromatic carbocycles. The van der Waals surface area contributed by atoms with E-state index in [-0.39, 0.29) is 10.8 Å². The zero-order valence-corrected chi connectivity index (χ0v) is 12.7. The Morgan fingerprint density at radius 3 is 2.22 bits per heavy atom. The number of hydrogen-bond acceptors (Lipinski definition) is 2. The van der Waals surface area contributed by atoms with E-state index in [0.717, 1.165) is 19.3 Å². The first-order chi connectivity index (χ1) is 8.17. The SMILES string of the molecule is CC[C@H]1[C@H](C)CC[C@H]2C(C)(C)CCC(O)(O)[C@]12C. The van der Waals surface area contributed by atoms with Crippen molar-refractivity contribution in [2.24, 2.45) is 28.6 Å². The second-order valence-electron chi connectivity index (χ2n) is 7.71. The third-order valence-electron chi connectivity index (χ3n) is 6.46. The Bertz CT molecular complexity index is 321. The fourth-order valence-electron chi connectivity index (χ4n) is 5.32. The summed E-state index contributed by atoms with van der Waals surface area (Å²) in [5, 5.41) is 21.3. The van der Waals surface area contributed by atoms with Crippen LogP contribution in [0.3, 0.4) is 0 Å². The molecule has 0 radical (unpaired) electrons. The highest BCUT2D eigenvalue weighted by molar-refractivity contribution is 5.09. The highest BCUT2D eigenvalue weighted by atomic mass is 16.5. The van der Waals surface area contributed by atoms with Gasteiger partial charge in [0.05, 0.1) is 0 Å². The Morgan fingerprint density at radius 2 is 1.67 bits per heavy atom. The molecule has 0 heterocycles. The van der Waals surface area contributed by atoms with Crippen LogP contribution in [0.2, 0.25) is 0 Å². The van der Waals surface area contributed by atoms with E-state index >= 15 is 0 Å². The highest BCUT2D eigenvalue weighted by Crippen LogP contribution is 2.64. The lowest BCUT2D eigenvalue weighted by atomic mass is 9.44. The van der Waals surface area contributed by atoms with Crippen LogP contribution in [0.5, 0.6) is 0 Å². The van der Waals surface area contributed by atoms with Crippen molar-refractivity contribution in [2.45, 2.75) is 72.5 Å². The minimum absolute atomic E-state index is 0.233. The van der Waals surface area contributed by atoms with Crippen LogP contribution < -0.4 is 0 Å². The van der Waals surface area contributed by atoms with Gasteiger partial charge < -0.3 is 10.2 Å². The lowest BCUT2D eigenvalue weighted by Crippen LogP contribution is -2.64. The van der Waals surface area contributed by atoms with Gasteiger partial charge >= 0.3 is 0 Å². The summed E-state index contributed by atoms with van der Waals surface area (Å²) in [5.74, 6) is -0.0349. The summed E-state index contributed by atoms with van der Waals surface area (Å²) < 4.78 is 0. The summed E-state index contributed by atoms with van der Waals surface area (Å²) in [5.41, 5.74) is -0.113. The van der Waals surface area contributed by atoms with Crippen molar-refractivity contribution in [1.82, 2.24) is 0 Å². The van der Waals surface area contributed by atoms with Gasteiger partial charge in [-0.1, -0.05) is 47.5 Å². The molecule has 106 valence electrons. The standard InChI is InChI=1S/C16H30O2/c1-6-12-11(2)7-8-13-14(3,4)9-10-16(17,18)15(12,13)5/h11-13,17-18H,6-10H2,1-5H3/t11-,12+,13+,15-/m1/s1. The van der Waals surface area contributed by atoms with E-state index in [1.54, 1.807) is 0 Å². The third kappa shape index (κ3) is 1.76. The van der Waals surface area contributed by atoms with Gasteiger partial charge in [0.2, 0.25) is 0 Å². The Hall–Kier alpha value is -0.0800. The van der Waals surface area contributed by atoms with Crippen molar-refractivity contribution in [1.29, 1.82) is 0 Å². The van der Waals surface area contributed by atoms with Crippen LogP contribution in [0.25, 0.3) is 0 Å². The van der Waals surface area contributed by atoms with Gasteiger partial charge in [-0.3, -0.25) is 0 Å². The van der Waals surface area contributed by atoms with Gasteiger partial charge in [0.15, 0.2) is 5.79 Å². The molecule has 0 aromatic rings. The molecular weight excluding hydrogens is 224 g/mol. The summed E-state index contributed by atoms with van der Waals surface area (Å²) in [6.07, 6.45) is 4.87. The van der Waals surface area contributed by atoms with Gasteiger partial charge in [-0.25, -0.2) is 0 Å². The van der Waals surface area contributed by atoms with Crippen molar-refractivity contribution in [3.05, 3.63) is 0 Å². The van der Waals surface area contributed by atoms with Gasteiger partial charge in [-0.05, 0) is 36.0 Å². The van der Waals surface area contributed by atoms with Crippen LogP contribution in [0, 0.1) is 28.6 Å². The average Bonchev–Trinajstić information content (AvgIpc) is 2.25. The van der Waals surface area contributed by atoms with Crippen molar-refractivity contribution in [2.75, 3.05) is 0 Å². The molecule has 2 N–H and O–H groups in total. The monoisotopic (exact) mass is 254 g/mol. The molecule has 2 heteroatoms.